The van der Waals surface area contributed by atoms with Crippen LogP contribution in [0.1, 0.15) is 47.0 Å². The molecule has 3 aliphatic rings. The molecule has 9 unspecified atom stereocenters. The van der Waals surface area contributed by atoms with Crippen molar-refractivity contribution < 1.29 is 33.6 Å². The number of hydrogen-bond acceptors (Lipinski definition) is 7. The van der Waals surface area contributed by atoms with Crippen molar-refractivity contribution in [1.82, 2.24) is 0 Å². The predicted octanol–water partition coefficient (Wildman–Crippen LogP) is 1.71. The van der Waals surface area contributed by atoms with Gasteiger partial charge in [0, 0.05) is 12.8 Å². The molecule has 0 radical (unpaired) electrons. The van der Waals surface area contributed by atoms with Crippen LogP contribution in [0.3, 0.4) is 0 Å². The van der Waals surface area contributed by atoms with Crippen LogP contribution in [0.25, 0.3) is 0 Å². The summed E-state index contributed by atoms with van der Waals surface area (Å²) >= 11 is 0. The second-order valence-electron chi connectivity index (χ2n) is 7.49. The quantitative estimate of drug-likeness (QED) is 0.806. The lowest BCUT2D eigenvalue weighted by Crippen LogP contribution is -2.51. The summed E-state index contributed by atoms with van der Waals surface area (Å²) < 4.78 is 29.2. The van der Waals surface area contributed by atoms with Gasteiger partial charge >= 0.3 is 0 Å². The van der Waals surface area contributed by atoms with Gasteiger partial charge in [-0.3, -0.25) is 4.79 Å². The molecular formula is C19H30O7. The zero-order valence-corrected chi connectivity index (χ0v) is 15.9. The van der Waals surface area contributed by atoms with Crippen LogP contribution in [-0.2, 0) is 28.5 Å². The Labute approximate surface area is 154 Å². The van der Waals surface area contributed by atoms with Gasteiger partial charge in [-0.2, -0.15) is 0 Å². The molecule has 7 heteroatoms. The minimum absolute atomic E-state index is 0.0293. The van der Waals surface area contributed by atoms with Gasteiger partial charge < -0.3 is 28.8 Å². The lowest BCUT2D eigenvalue weighted by molar-refractivity contribution is -0.291. The van der Waals surface area contributed by atoms with E-state index in [1.807, 2.05) is 20.8 Å². The van der Waals surface area contributed by atoms with Gasteiger partial charge in [-0.1, -0.05) is 0 Å². The number of rotatable bonds is 4. The molecule has 0 aromatic heterocycles. The number of carbonyl (C=O) groups excluding carboxylic acids is 1. The first kappa shape index (κ1) is 19.9. The Morgan fingerprint density at radius 1 is 1.04 bits per heavy atom. The maximum absolute atomic E-state index is 11.5. The molecule has 3 aliphatic heterocycles. The highest BCUT2D eigenvalue weighted by Crippen LogP contribution is 2.29. The van der Waals surface area contributed by atoms with E-state index in [-0.39, 0.29) is 30.2 Å². The molecule has 1 N–H and O–H groups in total. The standard InChI is InChI=1S/C19H30O7/c1-10-9-15(21)19(13(4)22-10)26-18-8-6-16(12(3)24-18)25-17-7-5-14(20)11(2)23-17/h5,7,10-13,15-19,21H,6,8-9H2,1-4H3. The molecule has 148 valence electrons. The highest BCUT2D eigenvalue weighted by Gasteiger charge is 2.39. The van der Waals surface area contributed by atoms with E-state index in [4.69, 9.17) is 23.7 Å². The molecule has 26 heavy (non-hydrogen) atoms. The first-order chi connectivity index (χ1) is 12.3. The fourth-order valence-corrected chi connectivity index (χ4v) is 3.74. The molecule has 9 atom stereocenters. The molecule has 3 rings (SSSR count). The van der Waals surface area contributed by atoms with E-state index in [0.717, 1.165) is 6.42 Å². The van der Waals surface area contributed by atoms with Crippen molar-refractivity contribution in [3.8, 4) is 0 Å². The predicted molar refractivity (Wildman–Crippen MR) is 92.4 cm³/mol. The summed E-state index contributed by atoms with van der Waals surface area (Å²) in [4.78, 5) is 11.5. The molecule has 0 saturated carbocycles. The Bertz CT molecular complexity index is 510. The molecule has 0 bridgehead atoms. The third-order valence-corrected chi connectivity index (χ3v) is 5.21. The van der Waals surface area contributed by atoms with Gasteiger partial charge in [-0.25, -0.2) is 0 Å². The number of ketones is 1. The summed E-state index contributed by atoms with van der Waals surface area (Å²) in [6.07, 6.45) is 2.26. The fraction of sp³-hybridized carbons (Fsp3) is 0.842. The molecule has 0 aliphatic carbocycles. The van der Waals surface area contributed by atoms with Gasteiger partial charge in [0.25, 0.3) is 0 Å². The molecule has 7 nitrogen and oxygen atoms in total. The average molecular weight is 370 g/mol. The lowest BCUT2D eigenvalue weighted by atomic mass is 9.99. The molecule has 0 aromatic rings. The molecule has 0 aromatic carbocycles. The average Bonchev–Trinajstić information content (AvgIpc) is 2.56. The fourth-order valence-electron chi connectivity index (χ4n) is 3.74. The maximum Gasteiger partial charge on any atom is 0.184 e. The number of ether oxygens (including phenoxy) is 5. The van der Waals surface area contributed by atoms with Crippen molar-refractivity contribution in [2.45, 2.75) is 102 Å². The zero-order chi connectivity index (χ0) is 18.8. The Balaban J connectivity index is 1.49. The van der Waals surface area contributed by atoms with Gasteiger partial charge in [0.2, 0.25) is 0 Å². The Morgan fingerprint density at radius 2 is 1.81 bits per heavy atom. The number of aliphatic hydroxyl groups excluding tert-OH is 1. The minimum Gasteiger partial charge on any atom is -0.390 e. The van der Waals surface area contributed by atoms with Gasteiger partial charge in [0.15, 0.2) is 18.4 Å². The molecular weight excluding hydrogens is 340 g/mol. The molecule has 2 fully saturated rings. The SMILES string of the molecule is CC1CC(O)C(OC2CCC(OC3C=CC(=O)C(C)O3)C(C)O2)C(C)O1. The lowest BCUT2D eigenvalue weighted by Gasteiger charge is -2.41. The van der Waals surface area contributed by atoms with Crippen molar-refractivity contribution >= 4 is 5.78 Å². The second-order valence-corrected chi connectivity index (χ2v) is 7.49. The van der Waals surface area contributed by atoms with E-state index in [1.54, 1.807) is 13.0 Å². The van der Waals surface area contributed by atoms with Gasteiger partial charge in [-0.15, -0.1) is 0 Å². The second kappa shape index (κ2) is 8.46. The molecule has 0 amide bonds. The van der Waals surface area contributed by atoms with Crippen LogP contribution < -0.4 is 0 Å². The van der Waals surface area contributed by atoms with E-state index < -0.39 is 30.9 Å². The number of carbonyl (C=O) groups is 1. The van der Waals surface area contributed by atoms with Crippen molar-refractivity contribution in [2.75, 3.05) is 0 Å². The first-order valence-electron chi connectivity index (χ1n) is 9.51. The number of aliphatic hydroxyl groups is 1. The summed E-state index contributed by atoms with van der Waals surface area (Å²) in [6.45, 7) is 7.51. The van der Waals surface area contributed by atoms with Crippen molar-refractivity contribution in [3.63, 3.8) is 0 Å². The Morgan fingerprint density at radius 3 is 2.46 bits per heavy atom. The van der Waals surface area contributed by atoms with E-state index >= 15 is 0 Å². The summed E-state index contributed by atoms with van der Waals surface area (Å²) in [5.74, 6) is -0.0528. The van der Waals surface area contributed by atoms with Crippen molar-refractivity contribution in [3.05, 3.63) is 12.2 Å². The van der Waals surface area contributed by atoms with E-state index in [1.165, 1.54) is 6.08 Å². The molecule has 3 heterocycles. The summed E-state index contributed by atoms with van der Waals surface area (Å²) in [5, 5.41) is 10.3. The van der Waals surface area contributed by atoms with Crippen molar-refractivity contribution in [2.24, 2.45) is 0 Å². The summed E-state index contributed by atoms with van der Waals surface area (Å²) in [5.41, 5.74) is 0. The topological polar surface area (TPSA) is 83.5 Å². The van der Waals surface area contributed by atoms with Crippen LogP contribution in [0.4, 0.5) is 0 Å². The van der Waals surface area contributed by atoms with Crippen LogP contribution in [-0.4, -0.2) is 66.2 Å². The largest absolute Gasteiger partial charge is 0.390 e. The number of hydrogen-bond donors (Lipinski definition) is 1. The zero-order valence-electron chi connectivity index (χ0n) is 15.9. The van der Waals surface area contributed by atoms with Crippen molar-refractivity contribution in [1.29, 1.82) is 0 Å². The highest BCUT2D eigenvalue weighted by molar-refractivity contribution is 5.93. The van der Waals surface area contributed by atoms with Crippen LogP contribution in [0.2, 0.25) is 0 Å². The highest BCUT2D eigenvalue weighted by atomic mass is 16.7. The van der Waals surface area contributed by atoms with E-state index in [2.05, 4.69) is 0 Å². The third-order valence-electron chi connectivity index (χ3n) is 5.21. The van der Waals surface area contributed by atoms with Crippen LogP contribution >= 0.6 is 0 Å². The summed E-state index contributed by atoms with van der Waals surface area (Å²) in [7, 11) is 0. The van der Waals surface area contributed by atoms with E-state index in [0.29, 0.717) is 12.8 Å². The van der Waals surface area contributed by atoms with Gasteiger partial charge in [-0.05, 0) is 46.3 Å². The molecule has 0 spiro atoms. The minimum atomic E-state index is -0.554. The third kappa shape index (κ3) is 4.71. The van der Waals surface area contributed by atoms with Gasteiger partial charge in [0.1, 0.15) is 12.2 Å². The smallest absolute Gasteiger partial charge is 0.184 e. The van der Waals surface area contributed by atoms with Gasteiger partial charge in [0.05, 0.1) is 30.5 Å². The summed E-state index contributed by atoms with van der Waals surface area (Å²) in [6, 6.07) is 0. The Kier molecular flexibility index (Phi) is 6.48. The van der Waals surface area contributed by atoms with Crippen LogP contribution in [0.5, 0.6) is 0 Å². The Hall–Kier alpha value is -0.830. The first-order valence-corrected chi connectivity index (χ1v) is 9.51. The van der Waals surface area contributed by atoms with Crippen LogP contribution in [0, 0.1) is 0 Å². The van der Waals surface area contributed by atoms with Crippen LogP contribution in [0.15, 0.2) is 12.2 Å². The normalized spacial score (nSPS) is 47.1. The maximum atomic E-state index is 11.5. The monoisotopic (exact) mass is 370 g/mol. The van der Waals surface area contributed by atoms with E-state index in [9.17, 15) is 9.90 Å². The molecule has 2 saturated heterocycles.